The smallest absolute Gasteiger partial charge is 0.322 e. The summed E-state index contributed by atoms with van der Waals surface area (Å²) in [6.07, 6.45) is -0.856. The van der Waals surface area contributed by atoms with Crippen LogP contribution in [-0.2, 0) is 19.6 Å². The third-order valence-electron chi connectivity index (χ3n) is 2.42. The lowest BCUT2D eigenvalue weighted by atomic mass is 10.2. The zero-order valence-electron chi connectivity index (χ0n) is 11.1. The summed E-state index contributed by atoms with van der Waals surface area (Å²) in [4.78, 5) is 21.2. The number of ether oxygens (including phenoxy) is 1. The van der Waals surface area contributed by atoms with Crippen molar-refractivity contribution < 1.29 is 33.0 Å². The molecule has 0 aliphatic rings. The maximum Gasteiger partial charge on any atom is 0.322 e. The molecule has 0 radical (unpaired) electrons. The van der Waals surface area contributed by atoms with Gasteiger partial charge in [-0.15, -0.1) is 0 Å². The number of carboxylic acid groups (broad SMARTS) is 2. The van der Waals surface area contributed by atoms with Crippen LogP contribution >= 0.6 is 0 Å². The number of carboxylic acids is 2. The van der Waals surface area contributed by atoms with Crippen LogP contribution in [0.25, 0.3) is 0 Å². The van der Waals surface area contributed by atoms with Gasteiger partial charge in [-0.2, -0.15) is 4.72 Å². The summed E-state index contributed by atoms with van der Waals surface area (Å²) in [5.74, 6) is -2.51. The highest BCUT2D eigenvalue weighted by atomic mass is 32.2. The van der Waals surface area contributed by atoms with Gasteiger partial charge in [-0.05, 0) is 31.2 Å². The van der Waals surface area contributed by atoms with Crippen molar-refractivity contribution in [2.75, 3.05) is 6.61 Å². The molecule has 9 heteroatoms. The molecule has 3 N–H and O–H groups in total. The van der Waals surface area contributed by atoms with Crippen LogP contribution in [0.2, 0.25) is 0 Å². The molecular formula is C12H15NO7S. The van der Waals surface area contributed by atoms with E-state index in [9.17, 15) is 18.0 Å². The maximum absolute atomic E-state index is 12.0. The quantitative estimate of drug-likeness (QED) is 0.628. The van der Waals surface area contributed by atoms with Gasteiger partial charge in [0.15, 0.2) is 0 Å². The van der Waals surface area contributed by atoms with E-state index in [-0.39, 0.29) is 4.90 Å². The molecule has 1 rings (SSSR count). The fourth-order valence-corrected chi connectivity index (χ4v) is 2.68. The van der Waals surface area contributed by atoms with E-state index in [4.69, 9.17) is 14.9 Å². The summed E-state index contributed by atoms with van der Waals surface area (Å²) in [5, 5.41) is 17.4. The monoisotopic (exact) mass is 317 g/mol. The number of carbonyl (C=O) groups is 2. The molecule has 0 amide bonds. The summed E-state index contributed by atoms with van der Waals surface area (Å²) in [5.41, 5.74) is 0. The van der Waals surface area contributed by atoms with Crippen molar-refractivity contribution in [1.29, 1.82) is 0 Å². The van der Waals surface area contributed by atoms with Crippen molar-refractivity contribution in [3.05, 3.63) is 24.3 Å². The molecule has 0 heterocycles. The third-order valence-corrected chi connectivity index (χ3v) is 3.91. The van der Waals surface area contributed by atoms with Crippen LogP contribution in [0.1, 0.15) is 13.3 Å². The van der Waals surface area contributed by atoms with Crippen molar-refractivity contribution in [3.8, 4) is 5.75 Å². The van der Waals surface area contributed by atoms with Gasteiger partial charge in [-0.25, -0.2) is 8.42 Å². The number of sulfonamides is 1. The predicted octanol–water partition coefficient (Wildman–Crippen LogP) is 0.292. The van der Waals surface area contributed by atoms with Crippen LogP contribution in [0.3, 0.4) is 0 Å². The second-order valence-electron chi connectivity index (χ2n) is 4.01. The Balaban J connectivity index is 2.93. The molecule has 1 aromatic carbocycles. The number of benzene rings is 1. The number of nitrogens with one attached hydrogen (secondary N) is 1. The Morgan fingerprint density at radius 1 is 1.24 bits per heavy atom. The SMILES string of the molecule is CCOc1ccc(S(=O)(=O)NC(CC(=O)O)C(=O)O)cc1. The molecular weight excluding hydrogens is 302 g/mol. The van der Waals surface area contributed by atoms with E-state index >= 15 is 0 Å². The summed E-state index contributed by atoms with van der Waals surface area (Å²) in [6.45, 7) is 2.19. The fraction of sp³-hybridized carbons (Fsp3) is 0.333. The van der Waals surface area contributed by atoms with E-state index in [1.165, 1.54) is 24.3 Å². The van der Waals surface area contributed by atoms with E-state index in [0.29, 0.717) is 12.4 Å². The molecule has 0 aliphatic carbocycles. The molecule has 0 fully saturated rings. The van der Waals surface area contributed by atoms with Gasteiger partial charge in [-0.1, -0.05) is 0 Å². The summed E-state index contributed by atoms with van der Waals surface area (Å²) in [7, 11) is -4.13. The molecule has 0 spiro atoms. The molecule has 1 atom stereocenters. The van der Waals surface area contributed by atoms with Crippen LogP contribution in [0.5, 0.6) is 5.75 Å². The Kier molecular flexibility index (Phi) is 5.68. The first-order valence-corrected chi connectivity index (χ1v) is 7.44. The second-order valence-corrected chi connectivity index (χ2v) is 5.73. The maximum atomic E-state index is 12.0. The van der Waals surface area contributed by atoms with Gasteiger partial charge in [0.05, 0.1) is 17.9 Å². The second kappa shape index (κ2) is 7.04. The number of hydrogen-bond donors (Lipinski definition) is 3. The van der Waals surface area contributed by atoms with E-state index in [0.717, 1.165) is 0 Å². The average molecular weight is 317 g/mol. The van der Waals surface area contributed by atoms with Crippen LogP contribution in [-0.4, -0.2) is 43.2 Å². The first-order chi connectivity index (χ1) is 9.76. The lowest BCUT2D eigenvalue weighted by molar-refractivity contribution is -0.145. The topological polar surface area (TPSA) is 130 Å². The van der Waals surface area contributed by atoms with Crippen LogP contribution in [0.15, 0.2) is 29.2 Å². The average Bonchev–Trinajstić information content (AvgIpc) is 2.38. The van der Waals surface area contributed by atoms with Gasteiger partial charge in [0.1, 0.15) is 11.8 Å². The first kappa shape index (κ1) is 16.9. The Hall–Kier alpha value is -2.13. The summed E-state index contributed by atoms with van der Waals surface area (Å²) in [6, 6.07) is 3.59. The van der Waals surface area contributed by atoms with E-state index < -0.39 is 34.4 Å². The zero-order valence-corrected chi connectivity index (χ0v) is 12.0. The normalized spacial score (nSPS) is 12.6. The minimum atomic E-state index is -4.13. The van der Waals surface area contributed by atoms with E-state index in [2.05, 4.69) is 0 Å². The molecule has 21 heavy (non-hydrogen) atoms. The first-order valence-electron chi connectivity index (χ1n) is 5.96. The summed E-state index contributed by atoms with van der Waals surface area (Å²) < 4.78 is 31.0. The molecule has 1 unspecified atom stereocenters. The minimum absolute atomic E-state index is 0.178. The lowest BCUT2D eigenvalue weighted by Gasteiger charge is -2.13. The third kappa shape index (κ3) is 5.04. The van der Waals surface area contributed by atoms with Gasteiger partial charge in [0.25, 0.3) is 0 Å². The standard InChI is InChI=1S/C12H15NO7S/c1-2-20-8-3-5-9(6-4-8)21(18,19)13-10(12(16)17)7-11(14)15/h3-6,10,13H,2,7H2,1H3,(H,14,15)(H,16,17). The molecule has 0 saturated heterocycles. The van der Waals surface area contributed by atoms with Crippen molar-refractivity contribution in [2.24, 2.45) is 0 Å². The van der Waals surface area contributed by atoms with Gasteiger partial charge >= 0.3 is 11.9 Å². The van der Waals surface area contributed by atoms with Crippen molar-refractivity contribution in [1.82, 2.24) is 4.72 Å². The number of rotatable bonds is 8. The van der Waals surface area contributed by atoms with Crippen molar-refractivity contribution >= 4 is 22.0 Å². The molecule has 8 nitrogen and oxygen atoms in total. The zero-order chi connectivity index (χ0) is 16.0. The minimum Gasteiger partial charge on any atom is -0.494 e. The van der Waals surface area contributed by atoms with Crippen LogP contribution in [0, 0.1) is 0 Å². The highest BCUT2D eigenvalue weighted by molar-refractivity contribution is 7.89. The van der Waals surface area contributed by atoms with Gasteiger partial charge in [0, 0.05) is 0 Å². The Bertz CT molecular complexity index is 609. The van der Waals surface area contributed by atoms with Gasteiger partial charge in [0.2, 0.25) is 10.0 Å². The number of aliphatic carboxylic acids is 2. The van der Waals surface area contributed by atoms with Gasteiger partial charge < -0.3 is 14.9 Å². The van der Waals surface area contributed by atoms with Crippen molar-refractivity contribution in [3.63, 3.8) is 0 Å². The molecule has 0 aromatic heterocycles. The highest BCUT2D eigenvalue weighted by Crippen LogP contribution is 2.16. The van der Waals surface area contributed by atoms with Gasteiger partial charge in [-0.3, -0.25) is 9.59 Å². The molecule has 116 valence electrons. The molecule has 1 aromatic rings. The largest absolute Gasteiger partial charge is 0.494 e. The molecule has 0 aliphatic heterocycles. The van der Waals surface area contributed by atoms with Crippen LogP contribution < -0.4 is 9.46 Å². The van der Waals surface area contributed by atoms with E-state index in [1.807, 2.05) is 4.72 Å². The molecule has 0 bridgehead atoms. The van der Waals surface area contributed by atoms with Crippen molar-refractivity contribution in [2.45, 2.75) is 24.3 Å². The van der Waals surface area contributed by atoms with Crippen LogP contribution in [0.4, 0.5) is 0 Å². The summed E-state index contributed by atoms with van der Waals surface area (Å²) >= 11 is 0. The Morgan fingerprint density at radius 3 is 2.24 bits per heavy atom. The predicted molar refractivity (Wildman–Crippen MR) is 71.6 cm³/mol. The fourth-order valence-electron chi connectivity index (χ4n) is 1.49. The number of hydrogen-bond acceptors (Lipinski definition) is 5. The Labute approximate surface area is 121 Å². The Morgan fingerprint density at radius 2 is 1.81 bits per heavy atom. The lowest BCUT2D eigenvalue weighted by Crippen LogP contribution is -2.42. The molecule has 0 saturated carbocycles. The highest BCUT2D eigenvalue weighted by Gasteiger charge is 2.27. The van der Waals surface area contributed by atoms with E-state index in [1.54, 1.807) is 6.92 Å².